The van der Waals surface area contributed by atoms with Crippen molar-refractivity contribution in [1.29, 1.82) is 0 Å². The SMILES string of the molecule is Cc1ccc(C(=O)NC[C@H](NC(=O)c2cncc(-c3ccccc3)n2)C(=O)NCCC(C)C)cc1. The Bertz CT molecular complexity index is 1150. The van der Waals surface area contributed by atoms with Crippen LogP contribution in [0.15, 0.2) is 67.0 Å². The van der Waals surface area contributed by atoms with Crippen LogP contribution in [0, 0.1) is 12.8 Å². The first-order chi connectivity index (χ1) is 16.8. The van der Waals surface area contributed by atoms with E-state index in [2.05, 4.69) is 39.8 Å². The molecule has 0 spiro atoms. The second kappa shape index (κ2) is 12.4. The van der Waals surface area contributed by atoms with Crippen LogP contribution >= 0.6 is 0 Å². The van der Waals surface area contributed by atoms with Gasteiger partial charge in [0, 0.05) is 24.2 Å². The zero-order valence-corrected chi connectivity index (χ0v) is 20.2. The van der Waals surface area contributed by atoms with E-state index in [9.17, 15) is 14.4 Å². The summed E-state index contributed by atoms with van der Waals surface area (Å²) in [6.45, 7) is 6.46. The fourth-order valence-corrected chi connectivity index (χ4v) is 3.27. The first-order valence-corrected chi connectivity index (χ1v) is 11.6. The lowest BCUT2D eigenvalue weighted by atomic mass is 10.1. The summed E-state index contributed by atoms with van der Waals surface area (Å²) in [4.78, 5) is 46.9. The van der Waals surface area contributed by atoms with Gasteiger partial charge in [-0.1, -0.05) is 61.9 Å². The molecule has 1 aromatic heterocycles. The Morgan fingerprint density at radius 3 is 2.29 bits per heavy atom. The lowest BCUT2D eigenvalue weighted by Gasteiger charge is -2.19. The lowest BCUT2D eigenvalue weighted by Crippen LogP contribution is -2.53. The smallest absolute Gasteiger partial charge is 0.272 e. The minimum atomic E-state index is -0.980. The van der Waals surface area contributed by atoms with Crippen LogP contribution in [-0.2, 0) is 4.79 Å². The van der Waals surface area contributed by atoms with Crippen LogP contribution in [0.2, 0.25) is 0 Å². The van der Waals surface area contributed by atoms with Gasteiger partial charge in [0.2, 0.25) is 5.91 Å². The number of hydrogen-bond acceptors (Lipinski definition) is 5. The first-order valence-electron chi connectivity index (χ1n) is 11.6. The van der Waals surface area contributed by atoms with Crippen molar-refractivity contribution in [2.24, 2.45) is 5.92 Å². The van der Waals surface area contributed by atoms with E-state index >= 15 is 0 Å². The monoisotopic (exact) mass is 473 g/mol. The van der Waals surface area contributed by atoms with E-state index in [-0.39, 0.29) is 24.1 Å². The van der Waals surface area contributed by atoms with Crippen LogP contribution in [0.3, 0.4) is 0 Å². The summed E-state index contributed by atoms with van der Waals surface area (Å²) < 4.78 is 0. The van der Waals surface area contributed by atoms with Crippen molar-refractivity contribution in [3.8, 4) is 11.3 Å². The number of aryl methyl sites for hydroxylation is 1. The second-order valence-corrected chi connectivity index (χ2v) is 8.73. The van der Waals surface area contributed by atoms with Gasteiger partial charge in [0.05, 0.1) is 18.1 Å². The fraction of sp³-hybridized carbons (Fsp3) is 0.296. The molecule has 3 N–H and O–H groups in total. The van der Waals surface area contributed by atoms with Crippen LogP contribution in [0.25, 0.3) is 11.3 Å². The predicted octanol–water partition coefficient (Wildman–Crippen LogP) is 3.14. The molecule has 0 fully saturated rings. The summed E-state index contributed by atoms with van der Waals surface area (Å²) in [6, 6.07) is 15.5. The molecule has 0 unspecified atom stereocenters. The van der Waals surface area contributed by atoms with Crippen molar-refractivity contribution < 1.29 is 14.4 Å². The van der Waals surface area contributed by atoms with Crippen molar-refractivity contribution in [3.63, 3.8) is 0 Å². The molecule has 8 nitrogen and oxygen atoms in total. The van der Waals surface area contributed by atoms with Gasteiger partial charge >= 0.3 is 0 Å². The molecule has 8 heteroatoms. The second-order valence-electron chi connectivity index (χ2n) is 8.73. The van der Waals surface area contributed by atoms with Crippen molar-refractivity contribution in [1.82, 2.24) is 25.9 Å². The van der Waals surface area contributed by atoms with Crippen molar-refractivity contribution >= 4 is 17.7 Å². The van der Waals surface area contributed by atoms with Gasteiger partial charge in [0.25, 0.3) is 11.8 Å². The molecular formula is C27H31N5O3. The Balaban J connectivity index is 1.71. The number of amides is 3. The minimum absolute atomic E-state index is 0.0717. The molecule has 35 heavy (non-hydrogen) atoms. The quantitative estimate of drug-likeness (QED) is 0.419. The van der Waals surface area contributed by atoms with Crippen LogP contribution in [0.1, 0.15) is 46.7 Å². The molecule has 0 bridgehead atoms. The van der Waals surface area contributed by atoms with Gasteiger partial charge in [-0.3, -0.25) is 19.4 Å². The number of carbonyl (C=O) groups excluding carboxylic acids is 3. The summed E-state index contributed by atoms with van der Waals surface area (Å²) in [6.07, 6.45) is 3.72. The summed E-state index contributed by atoms with van der Waals surface area (Å²) in [5.74, 6) is -0.843. The number of benzene rings is 2. The minimum Gasteiger partial charge on any atom is -0.354 e. The molecule has 0 saturated heterocycles. The molecular weight excluding hydrogens is 442 g/mol. The number of nitrogens with zero attached hydrogens (tertiary/aromatic N) is 2. The molecule has 3 rings (SSSR count). The van der Waals surface area contributed by atoms with Crippen LogP contribution < -0.4 is 16.0 Å². The Labute approximate surface area is 205 Å². The molecule has 182 valence electrons. The van der Waals surface area contributed by atoms with E-state index in [0.717, 1.165) is 17.5 Å². The van der Waals surface area contributed by atoms with E-state index in [1.54, 1.807) is 18.3 Å². The zero-order chi connectivity index (χ0) is 25.2. The summed E-state index contributed by atoms with van der Waals surface area (Å²) in [5, 5.41) is 8.28. The standard InChI is InChI=1S/C27H31N5O3/c1-18(2)13-14-29-26(34)24(17-30-25(33)21-11-9-19(3)10-12-21)32-27(35)23-16-28-15-22(31-23)20-7-5-4-6-8-20/h4-12,15-16,18,24H,13-14,17H2,1-3H3,(H,29,34)(H,30,33)(H,32,35)/t24-/m0/s1. The Hall–Kier alpha value is -4.07. The Morgan fingerprint density at radius 1 is 0.886 bits per heavy atom. The summed E-state index contributed by atoms with van der Waals surface area (Å²) in [5.41, 5.74) is 2.96. The maximum absolute atomic E-state index is 13.0. The van der Waals surface area contributed by atoms with E-state index < -0.39 is 11.9 Å². The Morgan fingerprint density at radius 2 is 1.60 bits per heavy atom. The van der Waals surface area contributed by atoms with Crippen molar-refractivity contribution in [3.05, 3.63) is 83.8 Å². The van der Waals surface area contributed by atoms with Gasteiger partial charge in [0.15, 0.2) is 0 Å². The van der Waals surface area contributed by atoms with E-state index in [0.29, 0.717) is 23.7 Å². The number of nitrogens with one attached hydrogen (secondary N) is 3. The van der Waals surface area contributed by atoms with E-state index in [1.165, 1.54) is 6.20 Å². The van der Waals surface area contributed by atoms with Crippen molar-refractivity contribution in [2.45, 2.75) is 33.2 Å². The van der Waals surface area contributed by atoms with Gasteiger partial charge in [-0.15, -0.1) is 0 Å². The van der Waals surface area contributed by atoms with Gasteiger partial charge in [-0.25, -0.2) is 4.98 Å². The molecule has 1 heterocycles. The van der Waals surface area contributed by atoms with Gasteiger partial charge < -0.3 is 16.0 Å². The average Bonchev–Trinajstić information content (AvgIpc) is 2.87. The molecule has 0 radical (unpaired) electrons. The van der Waals surface area contributed by atoms with Crippen LogP contribution in [-0.4, -0.2) is 46.8 Å². The lowest BCUT2D eigenvalue weighted by molar-refractivity contribution is -0.122. The average molecular weight is 474 g/mol. The number of rotatable bonds is 10. The van der Waals surface area contributed by atoms with Gasteiger partial charge in [-0.05, 0) is 31.4 Å². The first kappa shape index (κ1) is 25.6. The number of aromatic nitrogens is 2. The van der Waals surface area contributed by atoms with Crippen LogP contribution in [0.4, 0.5) is 0 Å². The third-order valence-electron chi connectivity index (χ3n) is 5.36. The molecule has 3 aromatic rings. The largest absolute Gasteiger partial charge is 0.354 e. The van der Waals surface area contributed by atoms with Crippen molar-refractivity contribution in [2.75, 3.05) is 13.1 Å². The highest BCUT2D eigenvalue weighted by atomic mass is 16.2. The fourth-order valence-electron chi connectivity index (χ4n) is 3.27. The maximum atomic E-state index is 13.0. The summed E-state index contributed by atoms with van der Waals surface area (Å²) >= 11 is 0. The Kier molecular flexibility index (Phi) is 9.06. The highest BCUT2D eigenvalue weighted by Crippen LogP contribution is 2.15. The summed E-state index contributed by atoms with van der Waals surface area (Å²) in [7, 11) is 0. The highest BCUT2D eigenvalue weighted by molar-refractivity contribution is 5.97. The molecule has 1 atom stereocenters. The topological polar surface area (TPSA) is 113 Å². The zero-order valence-electron chi connectivity index (χ0n) is 20.2. The molecule has 0 aliphatic heterocycles. The molecule has 2 aromatic carbocycles. The van der Waals surface area contributed by atoms with E-state index in [4.69, 9.17) is 0 Å². The predicted molar refractivity (Wildman–Crippen MR) is 135 cm³/mol. The highest BCUT2D eigenvalue weighted by Gasteiger charge is 2.23. The van der Waals surface area contributed by atoms with Gasteiger partial charge in [-0.2, -0.15) is 0 Å². The third-order valence-corrected chi connectivity index (χ3v) is 5.36. The molecule has 0 aliphatic carbocycles. The van der Waals surface area contributed by atoms with E-state index in [1.807, 2.05) is 49.4 Å². The third kappa shape index (κ3) is 7.74. The number of hydrogen-bond donors (Lipinski definition) is 3. The molecule has 3 amide bonds. The van der Waals surface area contributed by atoms with Crippen LogP contribution in [0.5, 0.6) is 0 Å². The molecule has 0 saturated carbocycles. The number of carbonyl (C=O) groups is 3. The molecule has 0 aliphatic rings. The normalized spacial score (nSPS) is 11.5. The maximum Gasteiger partial charge on any atom is 0.272 e. The van der Waals surface area contributed by atoms with Gasteiger partial charge in [0.1, 0.15) is 11.7 Å².